The molecule has 0 saturated heterocycles. The molecule has 0 aliphatic heterocycles. The van der Waals surface area contributed by atoms with E-state index in [1.807, 2.05) is 39.0 Å². The van der Waals surface area contributed by atoms with Gasteiger partial charge in [-0.1, -0.05) is 86.5 Å². The lowest BCUT2D eigenvalue weighted by molar-refractivity contribution is -0.123. The molecule has 1 saturated carbocycles. The van der Waals surface area contributed by atoms with Crippen LogP contribution in [0.15, 0.2) is 47.4 Å². The quantitative estimate of drug-likeness (QED) is 0.308. The van der Waals surface area contributed by atoms with Crippen molar-refractivity contribution < 1.29 is 13.2 Å². The molecule has 1 N–H and O–H groups in total. The number of benzene rings is 2. The van der Waals surface area contributed by atoms with Crippen molar-refractivity contribution in [1.82, 2.24) is 9.55 Å². The third-order valence-corrected chi connectivity index (χ3v) is 10.0. The van der Waals surface area contributed by atoms with Gasteiger partial charge in [-0.05, 0) is 54.8 Å². The van der Waals surface area contributed by atoms with E-state index in [1.54, 1.807) is 19.2 Å². The summed E-state index contributed by atoms with van der Waals surface area (Å²) in [5.74, 6) is 1.66. The number of anilines is 2. The number of aryl methyl sites for hydroxylation is 1. The summed E-state index contributed by atoms with van der Waals surface area (Å²) in [7, 11) is -2.24. The van der Waals surface area contributed by atoms with Crippen molar-refractivity contribution in [3.63, 3.8) is 0 Å². The van der Waals surface area contributed by atoms with Crippen LogP contribution >= 0.6 is 0 Å². The maximum atomic E-state index is 13.5. The van der Waals surface area contributed by atoms with E-state index in [0.717, 1.165) is 35.7 Å². The van der Waals surface area contributed by atoms with Crippen molar-refractivity contribution in [3.8, 4) is 0 Å². The first-order chi connectivity index (χ1) is 19.2. The fraction of sp³-hybridized carbons (Fsp3) is 0.576. The molecule has 0 spiro atoms. The van der Waals surface area contributed by atoms with Crippen molar-refractivity contribution in [1.29, 1.82) is 0 Å². The zero-order valence-corrected chi connectivity index (χ0v) is 26.8. The monoisotopic (exact) mass is 580 g/mol. The number of sulfonamides is 1. The molecule has 2 aromatic carbocycles. The van der Waals surface area contributed by atoms with Crippen LogP contribution in [-0.2, 0) is 26.8 Å². The van der Waals surface area contributed by atoms with Gasteiger partial charge in [-0.3, -0.25) is 9.10 Å². The van der Waals surface area contributed by atoms with Crippen LogP contribution in [0.3, 0.4) is 0 Å². The zero-order valence-electron chi connectivity index (χ0n) is 26.0. The number of rotatable bonds is 7. The van der Waals surface area contributed by atoms with Gasteiger partial charge in [-0.25, -0.2) is 13.4 Å². The third kappa shape index (κ3) is 7.32. The Hall–Kier alpha value is -2.87. The molecular weight excluding hydrogens is 532 g/mol. The van der Waals surface area contributed by atoms with Crippen LogP contribution in [-0.4, -0.2) is 30.9 Å². The first kappa shape index (κ1) is 31.1. The van der Waals surface area contributed by atoms with Crippen molar-refractivity contribution in [2.45, 2.75) is 110 Å². The summed E-state index contributed by atoms with van der Waals surface area (Å²) in [5.41, 5.74) is 2.31. The number of amides is 1. The van der Waals surface area contributed by atoms with E-state index in [9.17, 15) is 13.2 Å². The van der Waals surface area contributed by atoms with Gasteiger partial charge in [0, 0.05) is 30.1 Å². The highest BCUT2D eigenvalue weighted by atomic mass is 32.2. The zero-order chi connectivity index (χ0) is 30.0. The SMILES string of the molecule is CN(c1ccc2c(c1)nc(C(C)(C)C)n2CCC1CCCCCCC1)S(=O)(=O)c1ccc(NC(=O)C(C)(C)C)cc1. The minimum absolute atomic E-state index is 0.128. The molecule has 1 aromatic heterocycles. The predicted molar refractivity (Wildman–Crippen MR) is 169 cm³/mol. The second-order valence-corrected chi connectivity index (χ2v) is 15.7. The van der Waals surface area contributed by atoms with E-state index in [2.05, 4.69) is 30.7 Å². The predicted octanol–water partition coefficient (Wildman–Crippen LogP) is 7.89. The summed E-state index contributed by atoms with van der Waals surface area (Å²) in [6.45, 7) is 13.0. The summed E-state index contributed by atoms with van der Waals surface area (Å²) >= 11 is 0. The normalized spacial score (nSPS) is 15.9. The highest BCUT2D eigenvalue weighted by Crippen LogP contribution is 2.33. The molecule has 0 radical (unpaired) electrons. The molecule has 41 heavy (non-hydrogen) atoms. The number of aromatic nitrogens is 2. The van der Waals surface area contributed by atoms with Crippen LogP contribution in [0.1, 0.15) is 98.7 Å². The first-order valence-electron chi connectivity index (χ1n) is 15.1. The molecule has 0 atom stereocenters. The van der Waals surface area contributed by atoms with E-state index in [0.29, 0.717) is 11.4 Å². The number of fused-ring (bicyclic) bond motifs is 1. The minimum Gasteiger partial charge on any atom is -0.328 e. The number of hydrogen-bond donors (Lipinski definition) is 1. The molecule has 1 amide bonds. The van der Waals surface area contributed by atoms with Gasteiger partial charge in [0.25, 0.3) is 10.0 Å². The maximum absolute atomic E-state index is 13.5. The molecule has 7 nitrogen and oxygen atoms in total. The number of nitrogens with one attached hydrogen (secondary N) is 1. The summed E-state index contributed by atoms with van der Waals surface area (Å²) in [6.07, 6.45) is 10.5. The summed E-state index contributed by atoms with van der Waals surface area (Å²) in [4.78, 5) is 17.5. The van der Waals surface area contributed by atoms with Crippen LogP contribution in [0.4, 0.5) is 11.4 Å². The molecule has 224 valence electrons. The van der Waals surface area contributed by atoms with Crippen LogP contribution in [0.25, 0.3) is 11.0 Å². The number of hydrogen-bond acceptors (Lipinski definition) is 4. The van der Waals surface area contributed by atoms with Crippen LogP contribution in [0.2, 0.25) is 0 Å². The molecule has 1 aliphatic carbocycles. The van der Waals surface area contributed by atoms with Gasteiger partial charge >= 0.3 is 0 Å². The lowest BCUT2D eigenvalue weighted by Gasteiger charge is -2.23. The lowest BCUT2D eigenvalue weighted by atomic mass is 9.88. The van der Waals surface area contributed by atoms with E-state index < -0.39 is 15.4 Å². The van der Waals surface area contributed by atoms with Gasteiger partial charge in [-0.2, -0.15) is 0 Å². The van der Waals surface area contributed by atoms with Crippen LogP contribution in [0.5, 0.6) is 0 Å². The van der Waals surface area contributed by atoms with Crippen molar-refractivity contribution in [3.05, 3.63) is 48.3 Å². The Morgan fingerprint density at radius 2 is 1.56 bits per heavy atom. The highest BCUT2D eigenvalue weighted by molar-refractivity contribution is 7.92. The summed E-state index contributed by atoms with van der Waals surface area (Å²) in [5, 5.41) is 2.84. The van der Waals surface area contributed by atoms with Crippen molar-refractivity contribution in [2.24, 2.45) is 11.3 Å². The largest absolute Gasteiger partial charge is 0.328 e. The molecule has 8 heteroatoms. The standard InChI is InChI=1S/C33H48N4O3S/c1-32(2,3)30-35-28-23-26(17-20-29(28)37(30)22-21-24-13-11-9-8-10-12-14-24)36(7)41(39,40)27-18-15-25(16-19-27)34-31(38)33(4,5)6/h15-20,23-24H,8-14,21-22H2,1-7H3,(H,34,38). The van der Waals surface area contributed by atoms with E-state index in [4.69, 9.17) is 4.98 Å². The second kappa shape index (κ2) is 12.2. The summed E-state index contributed by atoms with van der Waals surface area (Å²) < 4.78 is 30.7. The number of carbonyl (C=O) groups excluding carboxylic acids is 1. The second-order valence-electron chi connectivity index (χ2n) is 13.7. The Labute approximate surface area is 246 Å². The molecule has 1 heterocycles. The Balaban J connectivity index is 1.57. The van der Waals surface area contributed by atoms with Gasteiger partial charge in [-0.15, -0.1) is 0 Å². The van der Waals surface area contributed by atoms with E-state index in [-0.39, 0.29) is 16.2 Å². The number of nitrogens with zero attached hydrogens (tertiary/aromatic N) is 3. The Kier molecular flexibility index (Phi) is 9.22. The molecular formula is C33H48N4O3S. The molecule has 1 aliphatic rings. The maximum Gasteiger partial charge on any atom is 0.264 e. The van der Waals surface area contributed by atoms with Crippen LogP contribution < -0.4 is 9.62 Å². The smallest absolute Gasteiger partial charge is 0.264 e. The van der Waals surface area contributed by atoms with Gasteiger partial charge in [0.05, 0.1) is 21.6 Å². The molecule has 0 unspecified atom stereocenters. The lowest BCUT2D eigenvalue weighted by Crippen LogP contribution is -2.28. The highest BCUT2D eigenvalue weighted by Gasteiger charge is 2.26. The fourth-order valence-corrected chi connectivity index (χ4v) is 6.77. The number of imidazole rings is 1. The first-order valence-corrected chi connectivity index (χ1v) is 16.5. The third-order valence-electron chi connectivity index (χ3n) is 8.20. The Bertz CT molecular complexity index is 1450. The number of carbonyl (C=O) groups is 1. The Morgan fingerprint density at radius 1 is 0.951 bits per heavy atom. The molecule has 3 aromatic rings. The average molecular weight is 581 g/mol. The van der Waals surface area contributed by atoms with Crippen molar-refractivity contribution >= 4 is 38.3 Å². The average Bonchev–Trinajstić information content (AvgIpc) is 3.26. The fourth-order valence-electron chi connectivity index (χ4n) is 5.58. The van der Waals surface area contributed by atoms with Crippen LogP contribution in [0, 0.1) is 11.3 Å². The van der Waals surface area contributed by atoms with Gasteiger partial charge < -0.3 is 9.88 Å². The molecule has 0 bridgehead atoms. The summed E-state index contributed by atoms with van der Waals surface area (Å²) in [6, 6.07) is 12.1. The van der Waals surface area contributed by atoms with Gasteiger partial charge in [0.1, 0.15) is 5.82 Å². The minimum atomic E-state index is -3.81. The molecule has 4 rings (SSSR count). The van der Waals surface area contributed by atoms with Crippen molar-refractivity contribution in [2.75, 3.05) is 16.7 Å². The topological polar surface area (TPSA) is 84.3 Å². The van der Waals surface area contributed by atoms with Gasteiger partial charge in [0.2, 0.25) is 5.91 Å². The molecule has 1 fully saturated rings. The van der Waals surface area contributed by atoms with E-state index >= 15 is 0 Å². The Morgan fingerprint density at radius 3 is 2.15 bits per heavy atom. The van der Waals surface area contributed by atoms with Gasteiger partial charge in [0.15, 0.2) is 0 Å². The van der Waals surface area contributed by atoms with E-state index in [1.165, 1.54) is 61.4 Å².